The van der Waals surface area contributed by atoms with E-state index >= 15 is 0 Å². The average molecular weight is 391 g/mol. The summed E-state index contributed by atoms with van der Waals surface area (Å²) in [7, 11) is 0. The Morgan fingerprint density at radius 1 is 1.00 bits per heavy atom. The highest BCUT2D eigenvalue weighted by Gasteiger charge is 2.11. The van der Waals surface area contributed by atoms with Crippen LogP contribution in [-0.4, -0.2) is 29.7 Å². The van der Waals surface area contributed by atoms with Crippen LogP contribution in [0.25, 0.3) is 0 Å². The fourth-order valence-electron chi connectivity index (χ4n) is 3.04. The lowest BCUT2D eigenvalue weighted by Gasteiger charge is -2.15. The molecule has 0 spiro atoms. The van der Waals surface area contributed by atoms with Crippen LogP contribution >= 0.6 is 12.2 Å². The van der Waals surface area contributed by atoms with Gasteiger partial charge in [-0.3, -0.25) is 4.90 Å². The number of alkyl halides is 2. The number of likely N-dealkylation sites (tertiary alicyclic amines) is 1. The number of anilines is 1. The van der Waals surface area contributed by atoms with Crippen molar-refractivity contribution in [3.05, 3.63) is 59.7 Å². The van der Waals surface area contributed by atoms with Crippen molar-refractivity contribution in [3.63, 3.8) is 0 Å². The second kappa shape index (κ2) is 9.62. The molecule has 1 fully saturated rings. The Morgan fingerprint density at radius 3 is 2.26 bits per heavy atom. The molecule has 1 aliphatic rings. The Bertz CT molecular complexity index is 732. The van der Waals surface area contributed by atoms with Gasteiger partial charge in [0.25, 0.3) is 0 Å². The van der Waals surface area contributed by atoms with Crippen LogP contribution in [0.5, 0.6) is 5.75 Å². The molecule has 2 N–H and O–H groups in total. The van der Waals surface area contributed by atoms with Crippen LogP contribution in [0.3, 0.4) is 0 Å². The lowest BCUT2D eigenvalue weighted by Crippen LogP contribution is -2.27. The molecule has 0 unspecified atom stereocenters. The molecule has 3 rings (SSSR count). The highest BCUT2D eigenvalue weighted by Crippen LogP contribution is 2.18. The average Bonchev–Trinajstić information content (AvgIpc) is 3.15. The number of halogens is 2. The third-order valence-electron chi connectivity index (χ3n) is 4.42. The third-order valence-corrected chi connectivity index (χ3v) is 4.66. The minimum Gasteiger partial charge on any atom is -0.435 e. The molecule has 0 aromatic heterocycles. The number of hydrogen-bond donors (Lipinski definition) is 2. The number of hydrogen-bond acceptors (Lipinski definition) is 3. The SMILES string of the molecule is FC(F)Oc1ccc(NC(=S)NCc2ccc(CN3CCCC3)cc2)cc1. The third kappa shape index (κ3) is 6.45. The van der Waals surface area contributed by atoms with Crippen molar-refractivity contribution < 1.29 is 13.5 Å². The molecule has 0 radical (unpaired) electrons. The van der Waals surface area contributed by atoms with Crippen molar-refractivity contribution in [2.24, 2.45) is 0 Å². The van der Waals surface area contributed by atoms with E-state index in [1.165, 1.54) is 43.6 Å². The summed E-state index contributed by atoms with van der Waals surface area (Å²) in [6.45, 7) is 1.19. The Kier molecular flexibility index (Phi) is 6.95. The van der Waals surface area contributed by atoms with Crippen LogP contribution in [-0.2, 0) is 13.1 Å². The molecule has 0 amide bonds. The molecule has 0 aliphatic carbocycles. The van der Waals surface area contributed by atoms with Crippen LogP contribution in [0.1, 0.15) is 24.0 Å². The van der Waals surface area contributed by atoms with E-state index in [1.807, 2.05) is 0 Å². The lowest BCUT2D eigenvalue weighted by molar-refractivity contribution is -0.0498. The summed E-state index contributed by atoms with van der Waals surface area (Å²) in [5.41, 5.74) is 3.17. The monoisotopic (exact) mass is 391 g/mol. The minimum absolute atomic E-state index is 0.114. The van der Waals surface area contributed by atoms with E-state index in [0.29, 0.717) is 17.3 Å². The number of rotatable bonds is 7. The number of nitrogens with zero attached hydrogens (tertiary/aromatic N) is 1. The quantitative estimate of drug-likeness (QED) is 0.686. The zero-order chi connectivity index (χ0) is 19.1. The smallest absolute Gasteiger partial charge is 0.387 e. The Balaban J connectivity index is 1.43. The summed E-state index contributed by atoms with van der Waals surface area (Å²) < 4.78 is 28.6. The summed E-state index contributed by atoms with van der Waals surface area (Å²) in [6.07, 6.45) is 2.60. The van der Waals surface area contributed by atoms with Gasteiger partial charge in [-0.15, -0.1) is 0 Å². The van der Waals surface area contributed by atoms with E-state index in [9.17, 15) is 8.78 Å². The summed E-state index contributed by atoms with van der Waals surface area (Å²) in [6, 6.07) is 14.8. The van der Waals surface area contributed by atoms with Gasteiger partial charge in [-0.25, -0.2) is 0 Å². The van der Waals surface area contributed by atoms with E-state index in [1.54, 1.807) is 12.1 Å². The Morgan fingerprint density at radius 2 is 1.63 bits per heavy atom. The zero-order valence-corrected chi connectivity index (χ0v) is 15.8. The van der Waals surface area contributed by atoms with Crippen molar-refractivity contribution in [1.82, 2.24) is 10.2 Å². The number of thiocarbonyl (C=S) groups is 1. The molecule has 1 aliphatic heterocycles. The first kappa shape index (κ1) is 19.5. The maximum atomic E-state index is 12.1. The molecule has 7 heteroatoms. The van der Waals surface area contributed by atoms with Gasteiger partial charge in [0.15, 0.2) is 5.11 Å². The summed E-state index contributed by atoms with van der Waals surface area (Å²) >= 11 is 5.28. The summed E-state index contributed by atoms with van der Waals surface area (Å²) in [4.78, 5) is 2.48. The normalized spacial score (nSPS) is 14.3. The molecular formula is C20H23F2N3OS. The lowest BCUT2D eigenvalue weighted by atomic mass is 10.1. The van der Waals surface area contributed by atoms with E-state index < -0.39 is 6.61 Å². The van der Waals surface area contributed by atoms with Gasteiger partial charge in [0.2, 0.25) is 0 Å². The summed E-state index contributed by atoms with van der Waals surface area (Å²) in [5, 5.41) is 6.64. The van der Waals surface area contributed by atoms with Crippen LogP contribution < -0.4 is 15.4 Å². The maximum absolute atomic E-state index is 12.1. The molecule has 0 atom stereocenters. The van der Waals surface area contributed by atoms with E-state index in [4.69, 9.17) is 12.2 Å². The molecule has 144 valence electrons. The van der Waals surface area contributed by atoms with E-state index in [-0.39, 0.29) is 5.75 Å². The van der Waals surface area contributed by atoms with Crippen molar-refractivity contribution in [1.29, 1.82) is 0 Å². The van der Waals surface area contributed by atoms with Gasteiger partial charge < -0.3 is 15.4 Å². The second-order valence-electron chi connectivity index (χ2n) is 6.51. The van der Waals surface area contributed by atoms with Gasteiger partial charge in [-0.1, -0.05) is 24.3 Å². The molecule has 2 aromatic carbocycles. The van der Waals surface area contributed by atoms with Crippen LogP contribution in [0.15, 0.2) is 48.5 Å². The molecule has 0 bridgehead atoms. The van der Waals surface area contributed by atoms with Gasteiger partial charge in [0.05, 0.1) is 0 Å². The van der Waals surface area contributed by atoms with Gasteiger partial charge >= 0.3 is 6.61 Å². The van der Waals surface area contributed by atoms with E-state index in [2.05, 4.69) is 44.5 Å². The first-order valence-corrected chi connectivity index (χ1v) is 9.39. The molecule has 1 heterocycles. The number of ether oxygens (including phenoxy) is 1. The molecule has 27 heavy (non-hydrogen) atoms. The summed E-state index contributed by atoms with van der Waals surface area (Å²) in [5.74, 6) is 0.114. The second-order valence-corrected chi connectivity index (χ2v) is 6.92. The van der Waals surface area contributed by atoms with Crippen molar-refractivity contribution in [2.75, 3.05) is 18.4 Å². The molecule has 4 nitrogen and oxygen atoms in total. The van der Waals surface area contributed by atoms with Crippen molar-refractivity contribution in [2.45, 2.75) is 32.5 Å². The predicted molar refractivity (Wildman–Crippen MR) is 107 cm³/mol. The Labute approximate surface area is 163 Å². The molecule has 1 saturated heterocycles. The highest BCUT2D eigenvalue weighted by molar-refractivity contribution is 7.80. The highest BCUT2D eigenvalue weighted by atomic mass is 32.1. The first-order valence-electron chi connectivity index (χ1n) is 8.98. The largest absolute Gasteiger partial charge is 0.435 e. The van der Waals surface area contributed by atoms with Crippen molar-refractivity contribution >= 4 is 23.0 Å². The molecule has 0 saturated carbocycles. The fourth-order valence-corrected chi connectivity index (χ4v) is 3.23. The van der Waals surface area contributed by atoms with Crippen LogP contribution in [0.2, 0.25) is 0 Å². The molecule has 2 aromatic rings. The zero-order valence-electron chi connectivity index (χ0n) is 15.0. The first-order chi connectivity index (χ1) is 13.1. The molecular weight excluding hydrogens is 368 g/mol. The van der Waals surface area contributed by atoms with Crippen molar-refractivity contribution in [3.8, 4) is 5.75 Å². The van der Waals surface area contributed by atoms with Gasteiger partial charge in [-0.2, -0.15) is 8.78 Å². The number of nitrogens with one attached hydrogen (secondary N) is 2. The Hall–Kier alpha value is -2.25. The minimum atomic E-state index is -2.83. The topological polar surface area (TPSA) is 36.5 Å². The predicted octanol–water partition coefficient (Wildman–Crippen LogP) is 4.37. The fraction of sp³-hybridized carbons (Fsp3) is 0.350. The maximum Gasteiger partial charge on any atom is 0.387 e. The van der Waals surface area contributed by atoms with Crippen LogP contribution in [0, 0.1) is 0 Å². The number of benzene rings is 2. The van der Waals surface area contributed by atoms with Gasteiger partial charge in [0, 0.05) is 18.8 Å². The van der Waals surface area contributed by atoms with Crippen LogP contribution in [0.4, 0.5) is 14.5 Å². The van der Waals surface area contributed by atoms with E-state index in [0.717, 1.165) is 12.1 Å². The van der Waals surface area contributed by atoms with Gasteiger partial charge in [-0.05, 0) is 73.5 Å². The van der Waals surface area contributed by atoms with Gasteiger partial charge in [0.1, 0.15) is 5.75 Å². The standard InChI is InChI=1S/C20H23F2N3OS/c21-19(22)26-18-9-7-17(8-10-18)24-20(27)23-13-15-3-5-16(6-4-15)14-25-11-1-2-12-25/h3-10,19H,1-2,11-14H2,(H2,23,24,27).